The topological polar surface area (TPSA) is 104 Å². The number of sulfonamides is 1. The van der Waals surface area contributed by atoms with E-state index in [2.05, 4.69) is 36.2 Å². The van der Waals surface area contributed by atoms with Crippen LogP contribution in [0.1, 0.15) is 21.5 Å². The van der Waals surface area contributed by atoms with E-state index in [1.54, 1.807) is 24.3 Å². The molecule has 140 valence electrons. The second-order valence-electron chi connectivity index (χ2n) is 5.90. The highest BCUT2D eigenvalue weighted by Gasteiger charge is 2.25. The molecule has 7 nitrogen and oxygen atoms in total. The molecule has 1 aromatic heterocycles. The Balaban J connectivity index is 1.75. The van der Waals surface area contributed by atoms with Gasteiger partial charge in [-0.2, -0.15) is 13.5 Å². The molecule has 0 bridgehead atoms. The molecule has 0 radical (unpaired) electrons. The molecular weight excluding hydrogens is 432 g/mol. The highest BCUT2D eigenvalue weighted by molar-refractivity contribution is 9.10. The normalized spacial score (nSPS) is 11.2. The largest absolute Gasteiger partial charge is 0.348 e. The Morgan fingerprint density at radius 3 is 2.63 bits per heavy atom. The Morgan fingerprint density at radius 1 is 1.19 bits per heavy atom. The van der Waals surface area contributed by atoms with Crippen molar-refractivity contribution in [2.75, 3.05) is 4.72 Å². The number of aromatic amines is 1. The van der Waals surface area contributed by atoms with Crippen molar-refractivity contribution in [3.63, 3.8) is 0 Å². The van der Waals surface area contributed by atoms with Crippen molar-refractivity contribution >= 4 is 37.5 Å². The number of nitrogens with zero attached hydrogens (tertiary/aromatic N) is 1. The van der Waals surface area contributed by atoms with Gasteiger partial charge in [0.25, 0.3) is 15.9 Å². The highest BCUT2D eigenvalue weighted by Crippen LogP contribution is 2.18. The number of amides is 1. The molecule has 9 heteroatoms. The summed E-state index contributed by atoms with van der Waals surface area (Å²) in [6, 6.07) is 14.3. The fraction of sp³-hybridized carbons (Fsp3) is 0.111. The molecule has 0 aliphatic heterocycles. The van der Waals surface area contributed by atoms with Crippen LogP contribution in [0.15, 0.2) is 64.2 Å². The Bertz CT molecular complexity index is 1060. The predicted molar refractivity (Wildman–Crippen MR) is 106 cm³/mol. The van der Waals surface area contributed by atoms with Gasteiger partial charge in [-0.25, -0.2) is 0 Å². The van der Waals surface area contributed by atoms with E-state index in [1.165, 1.54) is 6.20 Å². The van der Waals surface area contributed by atoms with Gasteiger partial charge in [0.05, 0.1) is 11.8 Å². The number of anilines is 1. The Morgan fingerprint density at radius 2 is 1.93 bits per heavy atom. The van der Waals surface area contributed by atoms with Gasteiger partial charge < -0.3 is 5.32 Å². The van der Waals surface area contributed by atoms with Crippen LogP contribution in [0.5, 0.6) is 0 Å². The molecule has 1 heterocycles. The first kappa shape index (κ1) is 19.1. The zero-order valence-electron chi connectivity index (χ0n) is 14.4. The Labute approximate surface area is 165 Å². The van der Waals surface area contributed by atoms with Crippen LogP contribution in [-0.2, 0) is 16.6 Å². The summed E-state index contributed by atoms with van der Waals surface area (Å²) in [5.41, 5.74) is 2.23. The minimum atomic E-state index is -3.98. The fourth-order valence-electron chi connectivity index (χ4n) is 2.39. The minimum absolute atomic E-state index is 0.0513. The highest BCUT2D eigenvalue weighted by atomic mass is 79.9. The molecule has 0 spiro atoms. The number of hydrogen-bond donors (Lipinski definition) is 3. The Hall–Kier alpha value is -2.65. The fourth-order valence-corrected chi connectivity index (χ4v) is 4.00. The third-order valence-electron chi connectivity index (χ3n) is 3.76. The number of hydrogen-bond acceptors (Lipinski definition) is 4. The summed E-state index contributed by atoms with van der Waals surface area (Å²) in [6.07, 6.45) is 1.19. The van der Waals surface area contributed by atoms with Crippen LogP contribution in [0, 0.1) is 6.92 Å². The summed E-state index contributed by atoms with van der Waals surface area (Å²) >= 11 is 3.37. The molecule has 2 aromatic carbocycles. The van der Waals surface area contributed by atoms with Gasteiger partial charge >= 0.3 is 0 Å². The number of benzene rings is 2. The maximum atomic E-state index is 12.6. The van der Waals surface area contributed by atoms with E-state index in [1.807, 2.05) is 31.2 Å². The Kier molecular flexibility index (Phi) is 5.62. The predicted octanol–water partition coefficient (Wildman–Crippen LogP) is 3.21. The lowest BCUT2D eigenvalue weighted by atomic mass is 10.2. The lowest BCUT2D eigenvalue weighted by Gasteiger charge is -2.09. The van der Waals surface area contributed by atoms with Gasteiger partial charge in [0.2, 0.25) is 0 Å². The first-order chi connectivity index (χ1) is 12.8. The zero-order chi connectivity index (χ0) is 19.4. The zero-order valence-corrected chi connectivity index (χ0v) is 16.8. The molecule has 0 aliphatic carbocycles. The number of halogens is 1. The minimum Gasteiger partial charge on any atom is -0.348 e. The van der Waals surface area contributed by atoms with Gasteiger partial charge in [0, 0.05) is 16.7 Å². The van der Waals surface area contributed by atoms with Crippen LogP contribution in [0.3, 0.4) is 0 Å². The molecule has 0 atom stereocenters. The summed E-state index contributed by atoms with van der Waals surface area (Å²) in [4.78, 5) is 12.5. The molecule has 27 heavy (non-hydrogen) atoms. The average Bonchev–Trinajstić information content (AvgIpc) is 3.12. The first-order valence-corrected chi connectivity index (χ1v) is 10.3. The maximum Gasteiger partial charge on any atom is 0.279 e. The quantitative estimate of drug-likeness (QED) is 0.538. The van der Waals surface area contributed by atoms with Gasteiger partial charge in [-0.3, -0.25) is 14.6 Å². The third kappa shape index (κ3) is 4.75. The molecule has 0 unspecified atom stereocenters. The molecule has 1 amide bonds. The van der Waals surface area contributed by atoms with Crippen LogP contribution >= 0.6 is 15.9 Å². The van der Waals surface area contributed by atoms with Gasteiger partial charge in [-0.15, -0.1) is 0 Å². The molecule has 0 saturated heterocycles. The van der Waals surface area contributed by atoms with Gasteiger partial charge in [-0.05, 0) is 36.8 Å². The van der Waals surface area contributed by atoms with Crippen molar-refractivity contribution in [1.29, 1.82) is 0 Å². The standard InChI is InChI=1S/C18H17BrN4O3S/c1-12-5-7-15(8-6-12)23-27(25,26)18-16(11-21-22-18)17(24)20-10-13-3-2-4-14(19)9-13/h2-9,11,23H,10H2,1H3,(H,20,24)(H,21,22). The summed E-state index contributed by atoms with van der Waals surface area (Å²) in [5.74, 6) is -0.534. The third-order valence-corrected chi connectivity index (χ3v) is 5.61. The summed E-state index contributed by atoms with van der Waals surface area (Å²) in [6.45, 7) is 2.16. The van der Waals surface area contributed by atoms with E-state index >= 15 is 0 Å². The van der Waals surface area contributed by atoms with Gasteiger partial charge in [0.1, 0.15) is 0 Å². The molecular formula is C18H17BrN4O3S. The first-order valence-electron chi connectivity index (χ1n) is 8.01. The van der Waals surface area contributed by atoms with Gasteiger partial charge in [0.15, 0.2) is 5.03 Å². The molecule has 0 fully saturated rings. The van der Waals surface area contributed by atoms with Crippen LogP contribution < -0.4 is 10.0 Å². The van der Waals surface area contributed by atoms with Crippen molar-refractivity contribution in [2.24, 2.45) is 0 Å². The van der Waals surface area contributed by atoms with E-state index in [9.17, 15) is 13.2 Å². The van der Waals surface area contributed by atoms with E-state index in [0.717, 1.165) is 15.6 Å². The second-order valence-corrected chi connectivity index (χ2v) is 8.43. The number of carbonyl (C=O) groups excluding carboxylic acids is 1. The molecule has 0 aliphatic rings. The van der Waals surface area contributed by atoms with Crippen molar-refractivity contribution < 1.29 is 13.2 Å². The van der Waals surface area contributed by atoms with E-state index in [4.69, 9.17) is 0 Å². The molecule has 0 saturated carbocycles. The number of rotatable bonds is 6. The molecule has 3 rings (SSSR count). The maximum absolute atomic E-state index is 12.6. The smallest absolute Gasteiger partial charge is 0.279 e. The number of H-pyrrole nitrogens is 1. The SMILES string of the molecule is Cc1ccc(NS(=O)(=O)c2[nH]ncc2C(=O)NCc2cccc(Br)c2)cc1. The molecule has 3 N–H and O–H groups in total. The van der Waals surface area contributed by atoms with Crippen molar-refractivity contribution in [3.8, 4) is 0 Å². The van der Waals surface area contributed by atoms with Crippen molar-refractivity contribution in [1.82, 2.24) is 15.5 Å². The number of aromatic nitrogens is 2. The monoisotopic (exact) mass is 448 g/mol. The van der Waals surface area contributed by atoms with Crippen molar-refractivity contribution in [2.45, 2.75) is 18.5 Å². The number of nitrogens with one attached hydrogen (secondary N) is 3. The van der Waals surface area contributed by atoms with Crippen LogP contribution in [0.25, 0.3) is 0 Å². The molecule has 3 aromatic rings. The van der Waals surface area contributed by atoms with Gasteiger partial charge in [-0.1, -0.05) is 45.8 Å². The summed E-state index contributed by atoms with van der Waals surface area (Å²) in [5, 5.41) is 8.54. The van der Waals surface area contributed by atoms with E-state index in [0.29, 0.717) is 5.69 Å². The summed E-state index contributed by atoms with van der Waals surface area (Å²) < 4.78 is 28.6. The number of carbonyl (C=O) groups is 1. The van der Waals surface area contributed by atoms with Crippen LogP contribution in [0.4, 0.5) is 5.69 Å². The van der Waals surface area contributed by atoms with E-state index < -0.39 is 15.9 Å². The lowest BCUT2D eigenvalue weighted by Crippen LogP contribution is -2.25. The lowest BCUT2D eigenvalue weighted by molar-refractivity contribution is 0.0947. The number of aryl methyl sites for hydroxylation is 1. The second kappa shape index (κ2) is 7.93. The summed E-state index contributed by atoms with van der Waals surface area (Å²) in [7, 11) is -3.98. The van der Waals surface area contributed by atoms with Crippen LogP contribution in [0.2, 0.25) is 0 Å². The average molecular weight is 449 g/mol. The van der Waals surface area contributed by atoms with Crippen molar-refractivity contribution in [3.05, 3.63) is 75.9 Å². The van der Waals surface area contributed by atoms with Crippen LogP contribution in [-0.4, -0.2) is 24.5 Å². The van der Waals surface area contributed by atoms with E-state index in [-0.39, 0.29) is 17.1 Å².